The van der Waals surface area contributed by atoms with Gasteiger partial charge in [0.2, 0.25) is 0 Å². The first-order valence-corrected chi connectivity index (χ1v) is 5.23. The second kappa shape index (κ2) is 4.81. The van der Waals surface area contributed by atoms with Crippen LogP contribution in [0.5, 0.6) is 0 Å². The van der Waals surface area contributed by atoms with Crippen molar-refractivity contribution < 1.29 is 0 Å². The summed E-state index contributed by atoms with van der Waals surface area (Å²) in [7, 11) is 0. The summed E-state index contributed by atoms with van der Waals surface area (Å²) in [5, 5.41) is 0. The quantitative estimate of drug-likeness (QED) is 0.839. The molecule has 2 rings (SSSR count). The lowest BCUT2D eigenvalue weighted by Crippen LogP contribution is -2.18. The smallest absolute Gasteiger partial charge is 0.159 e. The third-order valence-corrected chi connectivity index (χ3v) is 2.18. The summed E-state index contributed by atoms with van der Waals surface area (Å²) >= 11 is 0. The number of hydrogen-bond donors (Lipinski definition) is 1. The lowest BCUT2D eigenvalue weighted by atomic mass is 10.2. The molecule has 1 atom stereocenters. The van der Waals surface area contributed by atoms with E-state index in [1.807, 2.05) is 25.1 Å². The van der Waals surface area contributed by atoms with Crippen molar-refractivity contribution in [3.8, 4) is 11.4 Å². The van der Waals surface area contributed by atoms with Gasteiger partial charge in [0.05, 0.1) is 0 Å². The molecule has 1 unspecified atom stereocenters. The van der Waals surface area contributed by atoms with Crippen LogP contribution in [0.25, 0.3) is 11.4 Å². The molecule has 0 aromatic carbocycles. The van der Waals surface area contributed by atoms with E-state index in [1.165, 1.54) is 0 Å². The highest BCUT2D eigenvalue weighted by molar-refractivity contribution is 5.53. The van der Waals surface area contributed by atoms with Crippen molar-refractivity contribution in [2.24, 2.45) is 5.73 Å². The second-order valence-electron chi connectivity index (χ2n) is 3.79. The van der Waals surface area contributed by atoms with Gasteiger partial charge < -0.3 is 5.73 Å². The molecule has 4 heteroatoms. The van der Waals surface area contributed by atoms with Gasteiger partial charge in [-0.2, -0.15) is 0 Å². The third kappa shape index (κ3) is 2.61. The maximum Gasteiger partial charge on any atom is 0.159 e. The number of nitrogens with two attached hydrogens (primary N) is 1. The van der Waals surface area contributed by atoms with Crippen LogP contribution in [-0.4, -0.2) is 21.0 Å². The molecule has 0 fully saturated rings. The van der Waals surface area contributed by atoms with Gasteiger partial charge in [0, 0.05) is 42.3 Å². The fourth-order valence-corrected chi connectivity index (χ4v) is 1.48. The van der Waals surface area contributed by atoms with Crippen molar-refractivity contribution in [1.82, 2.24) is 15.0 Å². The Morgan fingerprint density at radius 3 is 2.62 bits per heavy atom. The minimum absolute atomic E-state index is 0.111. The van der Waals surface area contributed by atoms with Gasteiger partial charge in [-0.05, 0) is 25.1 Å². The van der Waals surface area contributed by atoms with Gasteiger partial charge in [0.1, 0.15) is 0 Å². The Kier molecular flexibility index (Phi) is 3.22. The van der Waals surface area contributed by atoms with Gasteiger partial charge >= 0.3 is 0 Å². The maximum absolute atomic E-state index is 5.74. The zero-order valence-electron chi connectivity index (χ0n) is 9.17. The van der Waals surface area contributed by atoms with E-state index in [1.54, 1.807) is 18.6 Å². The van der Waals surface area contributed by atoms with Crippen molar-refractivity contribution in [2.45, 2.75) is 19.4 Å². The van der Waals surface area contributed by atoms with Gasteiger partial charge in [-0.3, -0.25) is 4.98 Å². The molecule has 0 aliphatic carbocycles. The van der Waals surface area contributed by atoms with E-state index in [-0.39, 0.29) is 6.04 Å². The Balaban J connectivity index is 2.29. The monoisotopic (exact) mass is 214 g/mol. The molecule has 4 nitrogen and oxygen atoms in total. The molecule has 2 heterocycles. The minimum Gasteiger partial charge on any atom is -0.328 e. The van der Waals surface area contributed by atoms with Crippen LogP contribution in [0.15, 0.2) is 36.8 Å². The van der Waals surface area contributed by atoms with Gasteiger partial charge in [-0.1, -0.05) is 0 Å². The summed E-state index contributed by atoms with van der Waals surface area (Å²) in [6, 6.07) is 5.80. The molecule has 0 aliphatic heterocycles. The van der Waals surface area contributed by atoms with Gasteiger partial charge in [-0.25, -0.2) is 9.97 Å². The number of pyridine rings is 1. The fourth-order valence-electron chi connectivity index (χ4n) is 1.48. The van der Waals surface area contributed by atoms with E-state index in [0.717, 1.165) is 23.5 Å². The largest absolute Gasteiger partial charge is 0.328 e. The van der Waals surface area contributed by atoms with Crippen molar-refractivity contribution in [2.75, 3.05) is 0 Å². The minimum atomic E-state index is 0.111. The predicted molar refractivity (Wildman–Crippen MR) is 62.6 cm³/mol. The Bertz CT molecular complexity index is 454. The van der Waals surface area contributed by atoms with E-state index in [0.29, 0.717) is 0 Å². The molecule has 2 N–H and O–H groups in total. The third-order valence-electron chi connectivity index (χ3n) is 2.18. The number of rotatable bonds is 3. The van der Waals surface area contributed by atoms with Crippen LogP contribution in [0.3, 0.4) is 0 Å². The summed E-state index contributed by atoms with van der Waals surface area (Å²) in [5.41, 5.74) is 7.69. The summed E-state index contributed by atoms with van der Waals surface area (Å²) in [6.07, 6.45) is 5.99. The van der Waals surface area contributed by atoms with E-state index in [4.69, 9.17) is 5.73 Å². The van der Waals surface area contributed by atoms with Gasteiger partial charge in [0.25, 0.3) is 0 Å². The van der Waals surface area contributed by atoms with Crippen LogP contribution in [0.2, 0.25) is 0 Å². The van der Waals surface area contributed by atoms with Crippen molar-refractivity contribution in [1.29, 1.82) is 0 Å². The molecule has 0 radical (unpaired) electrons. The molecule has 0 spiro atoms. The SMILES string of the molecule is CC(N)Cc1ccnc(-c2ccncc2)n1. The fraction of sp³-hybridized carbons (Fsp3) is 0.250. The zero-order valence-corrected chi connectivity index (χ0v) is 9.17. The Morgan fingerprint density at radius 1 is 1.19 bits per heavy atom. The lowest BCUT2D eigenvalue weighted by Gasteiger charge is -2.05. The number of aromatic nitrogens is 3. The normalized spacial score (nSPS) is 12.4. The molecule has 0 saturated carbocycles. The highest BCUT2D eigenvalue weighted by atomic mass is 14.9. The Labute approximate surface area is 94.6 Å². The van der Waals surface area contributed by atoms with E-state index >= 15 is 0 Å². The number of hydrogen-bond acceptors (Lipinski definition) is 4. The van der Waals surface area contributed by atoms with Crippen molar-refractivity contribution in [3.63, 3.8) is 0 Å². The van der Waals surface area contributed by atoms with Crippen LogP contribution >= 0.6 is 0 Å². The summed E-state index contributed by atoms with van der Waals surface area (Å²) in [6.45, 7) is 1.97. The van der Waals surface area contributed by atoms with Crippen LogP contribution in [-0.2, 0) is 6.42 Å². The highest BCUT2D eigenvalue weighted by Gasteiger charge is 2.03. The zero-order chi connectivity index (χ0) is 11.4. The van der Waals surface area contributed by atoms with E-state index < -0.39 is 0 Å². The van der Waals surface area contributed by atoms with Gasteiger partial charge in [-0.15, -0.1) is 0 Å². The standard InChI is InChI=1S/C12H14N4/c1-9(13)8-11-4-7-15-12(16-11)10-2-5-14-6-3-10/h2-7,9H,8,13H2,1H3. The molecule has 2 aromatic rings. The predicted octanol–water partition coefficient (Wildman–Crippen LogP) is 1.43. The molecule has 2 aromatic heterocycles. The molecular weight excluding hydrogens is 200 g/mol. The van der Waals surface area contributed by atoms with Crippen LogP contribution in [0.1, 0.15) is 12.6 Å². The molecule has 0 saturated heterocycles. The lowest BCUT2D eigenvalue weighted by molar-refractivity contribution is 0.720. The first-order chi connectivity index (χ1) is 7.75. The van der Waals surface area contributed by atoms with Crippen molar-refractivity contribution in [3.05, 3.63) is 42.5 Å². The Hall–Kier alpha value is -1.81. The average Bonchev–Trinajstić information content (AvgIpc) is 2.30. The second-order valence-corrected chi connectivity index (χ2v) is 3.79. The first kappa shape index (κ1) is 10.7. The summed E-state index contributed by atoms with van der Waals surface area (Å²) in [4.78, 5) is 12.7. The first-order valence-electron chi connectivity index (χ1n) is 5.23. The maximum atomic E-state index is 5.74. The summed E-state index contributed by atoms with van der Waals surface area (Å²) in [5.74, 6) is 0.723. The molecule has 82 valence electrons. The molecule has 16 heavy (non-hydrogen) atoms. The summed E-state index contributed by atoms with van der Waals surface area (Å²) < 4.78 is 0. The van der Waals surface area contributed by atoms with Crippen LogP contribution in [0, 0.1) is 0 Å². The molecular formula is C12H14N4. The highest BCUT2D eigenvalue weighted by Crippen LogP contribution is 2.13. The van der Waals surface area contributed by atoms with Gasteiger partial charge in [0.15, 0.2) is 5.82 Å². The topological polar surface area (TPSA) is 64.7 Å². The number of nitrogens with zero attached hydrogens (tertiary/aromatic N) is 3. The van der Waals surface area contributed by atoms with Crippen LogP contribution < -0.4 is 5.73 Å². The molecule has 0 bridgehead atoms. The molecule has 0 aliphatic rings. The van der Waals surface area contributed by atoms with E-state index in [2.05, 4.69) is 15.0 Å². The molecule has 0 amide bonds. The van der Waals surface area contributed by atoms with Crippen molar-refractivity contribution >= 4 is 0 Å². The van der Waals surface area contributed by atoms with E-state index in [9.17, 15) is 0 Å². The average molecular weight is 214 g/mol. The van der Waals surface area contributed by atoms with Crippen LogP contribution in [0.4, 0.5) is 0 Å². The Morgan fingerprint density at radius 2 is 1.94 bits per heavy atom.